The molecule has 0 aromatic carbocycles. The highest BCUT2D eigenvalue weighted by Crippen LogP contribution is 2.48. The van der Waals surface area contributed by atoms with Gasteiger partial charge in [0.1, 0.15) is 5.60 Å². The highest BCUT2D eigenvalue weighted by atomic mass is 16.6. The van der Waals surface area contributed by atoms with Crippen LogP contribution in [0.25, 0.3) is 0 Å². The number of anilines is 1. The fourth-order valence-corrected chi connectivity index (χ4v) is 3.51. The van der Waals surface area contributed by atoms with Gasteiger partial charge < -0.3 is 14.4 Å². The highest BCUT2D eigenvalue weighted by Gasteiger charge is 2.53. The van der Waals surface area contributed by atoms with E-state index in [1.54, 1.807) is 6.20 Å². The van der Waals surface area contributed by atoms with Crippen LogP contribution in [0, 0.1) is 5.41 Å². The number of ether oxygens (including phenoxy) is 2. The molecule has 1 amide bonds. The second-order valence-corrected chi connectivity index (χ2v) is 7.07. The summed E-state index contributed by atoms with van der Waals surface area (Å²) in [5.74, 6) is 0.777. The summed E-state index contributed by atoms with van der Waals surface area (Å²) >= 11 is 0. The minimum Gasteiger partial charge on any atom is -0.475 e. The predicted molar refractivity (Wildman–Crippen MR) is 86.5 cm³/mol. The molecular formula is C18H22N2O3. The van der Waals surface area contributed by atoms with Crippen molar-refractivity contribution < 1.29 is 14.3 Å². The number of carbonyl (C=O) groups is 1. The molecule has 2 fully saturated rings. The van der Waals surface area contributed by atoms with E-state index in [0.717, 1.165) is 38.1 Å². The topological polar surface area (TPSA) is 55.0 Å². The Balaban J connectivity index is 1.51. The van der Waals surface area contributed by atoms with Crippen molar-refractivity contribution in [2.75, 3.05) is 18.1 Å². The molecule has 1 aromatic heterocycles. The average Bonchev–Trinajstić information content (AvgIpc) is 3.23. The Hall–Kier alpha value is -1.88. The first-order chi connectivity index (χ1) is 11.0. The number of amides is 1. The zero-order valence-electron chi connectivity index (χ0n) is 13.6. The van der Waals surface area contributed by atoms with Crippen molar-refractivity contribution in [2.45, 2.75) is 44.8 Å². The number of aromatic nitrogens is 1. The summed E-state index contributed by atoms with van der Waals surface area (Å²) in [6, 6.07) is 3.75. The fourth-order valence-electron chi connectivity index (χ4n) is 3.51. The molecule has 2 aliphatic heterocycles. The Kier molecular flexibility index (Phi) is 3.23. The Bertz CT molecular complexity index is 649. The smallest absolute Gasteiger partial charge is 0.237 e. The summed E-state index contributed by atoms with van der Waals surface area (Å²) < 4.78 is 11.1. The Morgan fingerprint density at radius 1 is 1.26 bits per heavy atom. The first kappa shape index (κ1) is 14.7. The number of rotatable bonds is 3. The van der Waals surface area contributed by atoms with Gasteiger partial charge in [-0.3, -0.25) is 4.79 Å². The molecule has 1 aromatic rings. The molecule has 23 heavy (non-hydrogen) atoms. The molecule has 122 valence electrons. The van der Waals surface area contributed by atoms with E-state index >= 15 is 0 Å². The van der Waals surface area contributed by atoms with Gasteiger partial charge in [0.25, 0.3) is 0 Å². The van der Waals surface area contributed by atoms with Gasteiger partial charge in [-0.15, -0.1) is 0 Å². The number of nitrogens with zero attached hydrogens (tertiary/aromatic N) is 2. The fraction of sp³-hybridized carbons (Fsp3) is 0.556. The van der Waals surface area contributed by atoms with Gasteiger partial charge in [-0.05, 0) is 39.2 Å². The van der Waals surface area contributed by atoms with Crippen LogP contribution >= 0.6 is 0 Å². The van der Waals surface area contributed by atoms with Gasteiger partial charge in [0, 0.05) is 12.6 Å². The maximum Gasteiger partial charge on any atom is 0.237 e. The number of epoxide rings is 1. The van der Waals surface area contributed by atoms with Crippen LogP contribution < -0.4 is 9.64 Å². The molecule has 0 bridgehead atoms. The van der Waals surface area contributed by atoms with Gasteiger partial charge in [0.2, 0.25) is 11.8 Å². The van der Waals surface area contributed by atoms with Gasteiger partial charge >= 0.3 is 0 Å². The summed E-state index contributed by atoms with van der Waals surface area (Å²) in [5.41, 5.74) is 0.458. The average molecular weight is 314 g/mol. The molecule has 4 rings (SSSR count). The van der Waals surface area contributed by atoms with Gasteiger partial charge in [-0.1, -0.05) is 12.2 Å². The maximum absolute atomic E-state index is 13.0. The lowest BCUT2D eigenvalue weighted by Crippen LogP contribution is -2.36. The van der Waals surface area contributed by atoms with E-state index in [-0.39, 0.29) is 23.0 Å². The molecular weight excluding hydrogens is 292 g/mol. The molecule has 2 spiro atoms. The van der Waals surface area contributed by atoms with Crippen molar-refractivity contribution in [3.63, 3.8) is 0 Å². The van der Waals surface area contributed by atoms with Gasteiger partial charge in [0.15, 0.2) is 0 Å². The third kappa shape index (κ3) is 2.53. The molecule has 0 N–H and O–H groups in total. The number of hydrogen-bond acceptors (Lipinski definition) is 4. The number of hydrogen-bond donors (Lipinski definition) is 0. The van der Waals surface area contributed by atoms with Crippen LogP contribution in [0.15, 0.2) is 30.5 Å². The summed E-state index contributed by atoms with van der Waals surface area (Å²) in [6.45, 7) is 5.48. The maximum atomic E-state index is 13.0. The summed E-state index contributed by atoms with van der Waals surface area (Å²) in [4.78, 5) is 19.1. The van der Waals surface area contributed by atoms with Gasteiger partial charge in [0.05, 0.1) is 30.0 Å². The van der Waals surface area contributed by atoms with Crippen molar-refractivity contribution in [3.05, 3.63) is 30.5 Å². The molecule has 3 aliphatic rings. The van der Waals surface area contributed by atoms with E-state index in [1.165, 1.54) is 0 Å². The van der Waals surface area contributed by atoms with E-state index in [0.29, 0.717) is 5.88 Å². The quantitative estimate of drug-likeness (QED) is 0.636. The van der Waals surface area contributed by atoms with E-state index in [1.807, 2.05) is 30.9 Å². The van der Waals surface area contributed by atoms with E-state index in [4.69, 9.17) is 9.47 Å². The van der Waals surface area contributed by atoms with Crippen LogP contribution in [0.1, 0.15) is 33.1 Å². The molecule has 5 heteroatoms. The normalized spacial score (nSPS) is 32.3. The zero-order chi connectivity index (χ0) is 16.1. The van der Waals surface area contributed by atoms with Crippen molar-refractivity contribution in [1.82, 2.24) is 4.98 Å². The lowest BCUT2D eigenvalue weighted by atomic mass is 9.74. The minimum absolute atomic E-state index is 0.0453. The van der Waals surface area contributed by atoms with Gasteiger partial charge in [-0.25, -0.2) is 4.98 Å². The second-order valence-electron chi connectivity index (χ2n) is 7.07. The monoisotopic (exact) mass is 314 g/mol. The first-order valence-corrected chi connectivity index (χ1v) is 8.31. The standard InChI is InChI=1S/C18H22N2O3/c1-13(2)23-15-4-3-14(11-19-15)20-10-9-17(16(20)21)5-7-18(8-6-17)12-22-18/h3-5,7,11,13H,6,8-10,12H2,1-2H3. The van der Waals surface area contributed by atoms with Crippen LogP contribution in [0.2, 0.25) is 0 Å². The van der Waals surface area contributed by atoms with Crippen LogP contribution in [-0.2, 0) is 9.53 Å². The molecule has 1 aliphatic carbocycles. The Morgan fingerprint density at radius 3 is 2.65 bits per heavy atom. The molecule has 5 nitrogen and oxygen atoms in total. The molecule has 2 unspecified atom stereocenters. The lowest BCUT2D eigenvalue weighted by molar-refractivity contribution is -0.124. The number of pyridine rings is 1. The van der Waals surface area contributed by atoms with Crippen LogP contribution in [0.3, 0.4) is 0 Å². The molecule has 0 saturated carbocycles. The lowest BCUT2D eigenvalue weighted by Gasteiger charge is -2.29. The van der Waals surface area contributed by atoms with Crippen molar-refractivity contribution in [3.8, 4) is 5.88 Å². The van der Waals surface area contributed by atoms with E-state index < -0.39 is 0 Å². The largest absolute Gasteiger partial charge is 0.475 e. The predicted octanol–water partition coefficient (Wildman–Crippen LogP) is 2.71. The molecule has 3 heterocycles. The van der Waals surface area contributed by atoms with Crippen molar-refractivity contribution in [1.29, 1.82) is 0 Å². The zero-order valence-corrected chi connectivity index (χ0v) is 13.6. The SMILES string of the molecule is CC(C)Oc1ccc(N2CCC3(C=CC4(CC3)CO4)C2=O)cn1. The minimum atomic E-state index is -0.343. The van der Waals surface area contributed by atoms with Crippen LogP contribution in [0.4, 0.5) is 5.69 Å². The third-order valence-electron chi connectivity index (χ3n) is 5.06. The third-order valence-corrected chi connectivity index (χ3v) is 5.06. The van der Waals surface area contributed by atoms with Crippen molar-refractivity contribution in [2.24, 2.45) is 5.41 Å². The summed E-state index contributed by atoms with van der Waals surface area (Å²) in [6.07, 6.45) is 8.71. The highest BCUT2D eigenvalue weighted by molar-refractivity contribution is 6.01. The molecule has 2 saturated heterocycles. The summed E-state index contributed by atoms with van der Waals surface area (Å²) in [7, 11) is 0. The van der Waals surface area contributed by atoms with E-state index in [2.05, 4.69) is 17.1 Å². The van der Waals surface area contributed by atoms with E-state index in [9.17, 15) is 4.79 Å². The molecule has 2 atom stereocenters. The Morgan fingerprint density at radius 2 is 2.09 bits per heavy atom. The van der Waals surface area contributed by atoms with Crippen LogP contribution in [-0.4, -0.2) is 35.7 Å². The van der Waals surface area contributed by atoms with Crippen molar-refractivity contribution >= 4 is 11.6 Å². The number of carbonyl (C=O) groups excluding carboxylic acids is 1. The second kappa shape index (κ2) is 5.06. The summed E-state index contributed by atoms with van der Waals surface area (Å²) in [5, 5.41) is 0. The Labute approximate surface area is 136 Å². The first-order valence-electron chi connectivity index (χ1n) is 8.31. The van der Waals surface area contributed by atoms with Crippen LogP contribution in [0.5, 0.6) is 5.88 Å². The van der Waals surface area contributed by atoms with Gasteiger partial charge in [-0.2, -0.15) is 0 Å². The molecule has 0 radical (unpaired) electrons.